The normalized spacial score (nSPS) is 11.5. The first-order chi connectivity index (χ1) is 11.4. The number of pyridine rings is 1. The van der Waals surface area contributed by atoms with Crippen LogP contribution in [0.3, 0.4) is 0 Å². The number of nitrogens with one attached hydrogen (secondary N) is 1. The van der Waals surface area contributed by atoms with Crippen molar-refractivity contribution in [3.05, 3.63) is 59.4 Å². The van der Waals surface area contributed by atoms with Crippen LogP contribution in [0.5, 0.6) is 0 Å². The Labute approximate surface area is 146 Å². The third-order valence-corrected chi connectivity index (χ3v) is 5.52. The van der Waals surface area contributed by atoms with Crippen LogP contribution in [0.4, 0.5) is 0 Å². The average molecular weight is 368 g/mol. The van der Waals surface area contributed by atoms with Crippen molar-refractivity contribution < 1.29 is 13.2 Å². The number of amides is 1. The van der Waals surface area contributed by atoms with Crippen LogP contribution in [0.2, 0.25) is 5.02 Å². The van der Waals surface area contributed by atoms with Crippen LogP contribution in [0.25, 0.3) is 0 Å². The Morgan fingerprint density at radius 2 is 1.96 bits per heavy atom. The number of sulfonamides is 1. The fourth-order valence-corrected chi connectivity index (χ4v) is 3.57. The largest absolute Gasteiger partial charge is 0.351 e. The lowest BCUT2D eigenvalue weighted by atomic mass is 10.3. The maximum Gasteiger partial charge on any atom is 0.243 e. The molecule has 0 atom stereocenters. The van der Waals surface area contributed by atoms with Gasteiger partial charge in [0.2, 0.25) is 15.9 Å². The van der Waals surface area contributed by atoms with Crippen LogP contribution in [0.1, 0.15) is 12.5 Å². The number of likely N-dealkylation sites (N-methyl/N-ethyl adjacent to an activating group) is 1. The van der Waals surface area contributed by atoms with Gasteiger partial charge in [-0.05, 0) is 35.9 Å². The second-order valence-corrected chi connectivity index (χ2v) is 7.40. The lowest BCUT2D eigenvalue weighted by molar-refractivity contribution is -0.121. The Kier molecular flexibility index (Phi) is 6.30. The fraction of sp³-hybridized carbons (Fsp3) is 0.250. The minimum atomic E-state index is -3.74. The summed E-state index contributed by atoms with van der Waals surface area (Å²) in [7, 11) is -3.74. The molecule has 0 fully saturated rings. The van der Waals surface area contributed by atoms with E-state index in [1.807, 2.05) is 6.07 Å². The standard InChI is InChI=1S/C16H18ClN3O3S/c1-2-20(24(22,23)15-7-5-14(17)6-8-15)12-16(21)19-11-13-4-3-9-18-10-13/h3-10H,2,11-12H2,1H3,(H,19,21). The molecule has 0 saturated carbocycles. The molecule has 8 heteroatoms. The number of halogens is 1. The van der Waals surface area contributed by atoms with Gasteiger partial charge in [-0.2, -0.15) is 4.31 Å². The van der Waals surface area contributed by atoms with E-state index in [0.29, 0.717) is 11.6 Å². The number of aromatic nitrogens is 1. The fourth-order valence-electron chi connectivity index (χ4n) is 2.04. The number of hydrogen-bond acceptors (Lipinski definition) is 4. The Hall–Kier alpha value is -1.96. The molecule has 0 spiro atoms. The molecular formula is C16H18ClN3O3S. The summed E-state index contributed by atoms with van der Waals surface area (Å²) in [6.45, 7) is 1.92. The summed E-state index contributed by atoms with van der Waals surface area (Å²) in [5.74, 6) is -0.377. The monoisotopic (exact) mass is 367 g/mol. The lowest BCUT2D eigenvalue weighted by Crippen LogP contribution is -2.40. The van der Waals surface area contributed by atoms with E-state index in [1.165, 1.54) is 24.3 Å². The lowest BCUT2D eigenvalue weighted by Gasteiger charge is -2.20. The number of carbonyl (C=O) groups excluding carboxylic acids is 1. The van der Waals surface area contributed by atoms with Crippen LogP contribution in [-0.4, -0.2) is 36.7 Å². The van der Waals surface area contributed by atoms with Crippen molar-refractivity contribution in [2.24, 2.45) is 0 Å². The Morgan fingerprint density at radius 1 is 1.25 bits per heavy atom. The summed E-state index contributed by atoms with van der Waals surface area (Å²) in [6.07, 6.45) is 3.28. The van der Waals surface area contributed by atoms with E-state index in [9.17, 15) is 13.2 Å². The van der Waals surface area contributed by atoms with Gasteiger partial charge >= 0.3 is 0 Å². The van der Waals surface area contributed by atoms with Crippen molar-refractivity contribution in [2.75, 3.05) is 13.1 Å². The maximum absolute atomic E-state index is 12.6. The molecule has 1 N–H and O–H groups in total. The second-order valence-electron chi connectivity index (χ2n) is 5.02. The van der Waals surface area contributed by atoms with Gasteiger partial charge in [-0.15, -0.1) is 0 Å². The van der Waals surface area contributed by atoms with Crippen molar-refractivity contribution in [1.82, 2.24) is 14.6 Å². The minimum absolute atomic E-state index is 0.105. The molecule has 1 amide bonds. The molecule has 24 heavy (non-hydrogen) atoms. The van der Waals surface area contributed by atoms with E-state index >= 15 is 0 Å². The van der Waals surface area contributed by atoms with Crippen LogP contribution in [0, 0.1) is 0 Å². The zero-order chi connectivity index (χ0) is 17.6. The summed E-state index contributed by atoms with van der Waals surface area (Å²) in [6, 6.07) is 9.46. The number of benzene rings is 1. The number of rotatable bonds is 7. The van der Waals surface area contributed by atoms with Crippen molar-refractivity contribution >= 4 is 27.5 Å². The van der Waals surface area contributed by atoms with Crippen LogP contribution < -0.4 is 5.32 Å². The Bertz CT molecular complexity index is 780. The van der Waals surface area contributed by atoms with E-state index in [2.05, 4.69) is 10.3 Å². The molecule has 0 radical (unpaired) electrons. The van der Waals surface area contributed by atoms with Gasteiger partial charge in [0.05, 0.1) is 11.4 Å². The predicted octanol–water partition coefficient (Wildman–Crippen LogP) is 2.06. The Balaban J connectivity index is 2.02. The van der Waals surface area contributed by atoms with Gasteiger partial charge in [-0.25, -0.2) is 8.42 Å². The highest BCUT2D eigenvalue weighted by Crippen LogP contribution is 2.18. The van der Waals surface area contributed by atoms with Crippen molar-refractivity contribution in [2.45, 2.75) is 18.4 Å². The van der Waals surface area contributed by atoms with E-state index in [1.54, 1.807) is 25.4 Å². The number of hydrogen-bond donors (Lipinski definition) is 1. The second kappa shape index (κ2) is 8.23. The van der Waals surface area contributed by atoms with Gasteiger partial charge in [0.15, 0.2) is 0 Å². The minimum Gasteiger partial charge on any atom is -0.351 e. The van der Waals surface area contributed by atoms with Gasteiger partial charge in [0, 0.05) is 30.5 Å². The first-order valence-electron chi connectivity index (χ1n) is 7.35. The summed E-state index contributed by atoms with van der Waals surface area (Å²) in [5, 5.41) is 3.14. The van der Waals surface area contributed by atoms with Gasteiger partial charge < -0.3 is 5.32 Å². The molecule has 1 aromatic carbocycles. The molecule has 0 aliphatic rings. The SMILES string of the molecule is CCN(CC(=O)NCc1cccnc1)S(=O)(=O)c1ccc(Cl)cc1. The smallest absolute Gasteiger partial charge is 0.243 e. The van der Waals surface area contributed by atoms with E-state index in [0.717, 1.165) is 9.87 Å². The van der Waals surface area contributed by atoms with Crippen LogP contribution in [-0.2, 0) is 21.4 Å². The topological polar surface area (TPSA) is 79.4 Å². The molecule has 0 saturated heterocycles. The first kappa shape index (κ1) is 18.4. The molecule has 128 valence electrons. The highest BCUT2D eigenvalue weighted by Gasteiger charge is 2.25. The number of nitrogens with zero attached hydrogens (tertiary/aromatic N) is 2. The molecule has 0 unspecified atom stereocenters. The highest BCUT2D eigenvalue weighted by atomic mass is 35.5. The van der Waals surface area contributed by atoms with Gasteiger partial charge in [0.25, 0.3) is 0 Å². The molecule has 0 bridgehead atoms. The summed E-state index contributed by atoms with van der Waals surface area (Å²) in [4.78, 5) is 16.1. The summed E-state index contributed by atoms with van der Waals surface area (Å²) in [5.41, 5.74) is 0.842. The first-order valence-corrected chi connectivity index (χ1v) is 9.16. The zero-order valence-corrected chi connectivity index (χ0v) is 14.7. The van der Waals surface area contributed by atoms with Gasteiger partial charge in [0.1, 0.15) is 0 Å². The third kappa shape index (κ3) is 4.77. The van der Waals surface area contributed by atoms with E-state index in [4.69, 9.17) is 11.6 Å². The molecule has 0 aliphatic carbocycles. The quantitative estimate of drug-likeness (QED) is 0.812. The number of carbonyl (C=O) groups is 1. The van der Waals surface area contributed by atoms with Crippen molar-refractivity contribution in [3.8, 4) is 0 Å². The molecular weight excluding hydrogens is 350 g/mol. The maximum atomic E-state index is 12.6. The molecule has 2 rings (SSSR count). The summed E-state index contributed by atoms with van der Waals surface area (Å²) >= 11 is 5.78. The molecule has 2 aromatic rings. The van der Waals surface area contributed by atoms with Crippen LogP contribution in [0.15, 0.2) is 53.7 Å². The average Bonchev–Trinajstić information content (AvgIpc) is 2.59. The molecule has 1 heterocycles. The van der Waals surface area contributed by atoms with E-state index < -0.39 is 10.0 Å². The third-order valence-electron chi connectivity index (χ3n) is 3.34. The van der Waals surface area contributed by atoms with Gasteiger partial charge in [-0.3, -0.25) is 9.78 Å². The zero-order valence-electron chi connectivity index (χ0n) is 13.1. The molecule has 6 nitrogen and oxygen atoms in total. The molecule has 1 aromatic heterocycles. The van der Waals surface area contributed by atoms with Crippen molar-refractivity contribution in [3.63, 3.8) is 0 Å². The highest BCUT2D eigenvalue weighted by molar-refractivity contribution is 7.89. The predicted molar refractivity (Wildman–Crippen MR) is 92.0 cm³/mol. The Morgan fingerprint density at radius 3 is 2.54 bits per heavy atom. The molecule has 0 aliphatic heterocycles. The van der Waals surface area contributed by atoms with Crippen LogP contribution >= 0.6 is 11.6 Å². The summed E-state index contributed by atoms with van der Waals surface area (Å²) < 4.78 is 26.3. The van der Waals surface area contributed by atoms with Gasteiger partial charge in [-0.1, -0.05) is 24.6 Å². The van der Waals surface area contributed by atoms with Crippen molar-refractivity contribution in [1.29, 1.82) is 0 Å². The van der Waals surface area contributed by atoms with E-state index in [-0.39, 0.29) is 23.9 Å².